The zero-order valence-electron chi connectivity index (χ0n) is 13.8. The van der Waals surface area contributed by atoms with Gasteiger partial charge in [0.25, 0.3) is 5.91 Å². The Morgan fingerprint density at radius 1 is 1.25 bits per heavy atom. The van der Waals surface area contributed by atoms with Gasteiger partial charge in [0.1, 0.15) is 11.5 Å². The van der Waals surface area contributed by atoms with Crippen molar-refractivity contribution in [3.8, 4) is 5.75 Å². The SMILES string of the molecule is COc1cccc(N2CCN(C(=O)c3ncoc3C3CC3)CC2)c1. The highest BCUT2D eigenvalue weighted by molar-refractivity contribution is 5.93. The number of benzene rings is 1. The topological polar surface area (TPSA) is 58.8 Å². The summed E-state index contributed by atoms with van der Waals surface area (Å²) in [5.41, 5.74) is 1.63. The molecule has 1 saturated carbocycles. The Kier molecular flexibility index (Phi) is 3.88. The Morgan fingerprint density at radius 2 is 2.04 bits per heavy atom. The highest BCUT2D eigenvalue weighted by Crippen LogP contribution is 2.41. The molecule has 6 nitrogen and oxygen atoms in total. The van der Waals surface area contributed by atoms with Crippen LogP contribution in [0.5, 0.6) is 5.75 Å². The van der Waals surface area contributed by atoms with Crippen molar-refractivity contribution in [2.24, 2.45) is 0 Å². The quantitative estimate of drug-likeness (QED) is 0.863. The van der Waals surface area contributed by atoms with Gasteiger partial charge < -0.3 is 19.0 Å². The lowest BCUT2D eigenvalue weighted by Crippen LogP contribution is -2.49. The number of hydrogen-bond donors (Lipinski definition) is 0. The average Bonchev–Trinajstić information content (AvgIpc) is 3.38. The molecular weight excluding hydrogens is 306 g/mol. The summed E-state index contributed by atoms with van der Waals surface area (Å²) in [5.74, 6) is 2.01. The number of carbonyl (C=O) groups excluding carboxylic acids is 1. The van der Waals surface area contributed by atoms with Crippen molar-refractivity contribution in [2.75, 3.05) is 38.2 Å². The van der Waals surface area contributed by atoms with Crippen LogP contribution in [0.1, 0.15) is 35.0 Å². The molecule has 24 heavy (non-hydrogen) atoms. The molecule has 1 aliphatic carbocycles. The predicted octanol–water partition coefficient (Wildman–Crippen LogP) is 2.52. The number of hydrogen-bond acceptors (Lipinski definition) is 5. The van der Waals surface area contributed by atoms with Gasteiger partial charge in [-0.25, -0.2) is 4.98 Å². The van der Waals surface area contributed by atoms with Crippen LogP contribution in [0.3, 0.4) is 0 Å². The van der Waals surface area contributed by atoms with E-state index in [1.54, 1.807) is 7.11 Å². The van der Waals surface area contributed by atoms with Gasteiger partial charge in [0.05, 0.1) is 7.11 Å². The summed E-state index contributed by atoms with van der Waals surface area (Å²) in [4.78, 5) is 21.0. The second-order valence-corrected chi connectivity index (χ2v) is 6.32. The van der Waals surface area contributed by atoms with E-state index in [4.69, 9.17) is 9.15 Å². The van der Waals surface area contributed by atoms with E-state index in [0.717, 1.165) is 43.1 Å². The first kappa shape index (κ1) is 15.1. The summed E-state index contributed by atoms with van der Waals surface area (Å²) >= 11 is 0. The monoisotopic (exact) mass is 327 g/mol. The van der Waals surface area contributed by atoms with Crippen molar-refractivity contribution < 1.29 is 13.9 Å². The van der Waals surface area contributed by atoms with Gasteiger partial charge in [0, 0.05) is 43.9 Å². The third kappa shape index (κ3) is 2.84. The smallest absolute Gasteiger partial charge is 0.276 e. The van der Waals surface area contributed by atoms with E-state index in [0.29, 0.717) is 24.7 Å². The molecule has 126 valence electrons. The van der Waals surface area contributed by atoms with E-state index in [2.05, 4.69) is 16.0 Å². The van der Waals surface area contributed by atoms with Crippen molar-refractivity contribution >= 4 is 11.6 Å². The maximum Gasteiger partial charge on any atom is 0.276 e. The van der Waals surface area contributed by atoms with Crippen molar-refractivity contribution in [1.29, 1.82) is 0 Å². The van der Waals surface area contributed by atoms with Gasteiger partial charge in [-0.05, 0) is 25.0 Å². The molecule has 0 radical (unpaired) electrons. The van der Waals surface area contributed by atoms with E-state index in [1.807, 2.05) is 23.1 Å². The molecule has 0 atom stereocenters. The van der Waals surface area contributed by atoms with Crippen LogP contribution >= 0.6 is 0 Å². The zero-order chi connectivity index (χ0) is 16.5. The number of ether oxygens (including phenoxy) is 1. The molecule has 2 fully saturated rings. The van der Waals surface area contributed by atoms with Gasteiger partial charge in [-0.3, -0.25) is 4.79 Å². The summed E-state index contributed by atoms with van der Waals surface area (Å²) in [6.07, 6.45) is 3.59. The second kappa shape index (κ2) is 6.19. The number of methoxy groups -OCH3 is 1. The molecule has 2 aliphatic rings. The summed E-state index contributed by atoms with van der Waals surface area (Å²) in [6.45, 7) is 2.98. The molecule has 1 aromatic carbocycles. The Balaban J connectivity index is 1.42. The molecule has 1 aromatic heterocycles. The second-order valence-electron chi connectivity index (χ2n) is 6.32. The minimum absolute atomic E-state index is 0.00376. The Hall–Kier alpha value is -2.50. The minimum atomic E-state index is -0.00376. The zero-order valence-corrected chi connectivity index (χ0v) is 13.8. The van der Waals surface area contributed by atoms with E-state index in [-0.39, 0.29) is 5.91 Å². The molecule has 0 N–H and O–H groups in total. The Bertz CT molecular complexity index is 731. The number of amides is 1. The van der Waals surface area contributed by atoms with Crippen LogP contribution in [0.15, 0.2) is 35.1 Å². The van der Waals surface area contributed by atoms with Gasteiger partial charge in [0.15, 0.2) is 12.1 Å². The van der Waals surface area contributed by atoms with Crippen molar-refractivity contribution in [2.45, 2.75) is 18.8 Å². The van der Waals surface area contributed by atoms with Gasteiger partial charge in [-0.2, -0.15) is 0 Å². The van der Waals surface area contributed by atoms with Gasteiger partial charge in [0.2, 0.25) is 0 Å². The summed E-state index contributed by atoms with van der Waals surface area (Å²) in [6, 6.07) is 8.03. The van der Waals surface area contributed by atoms with Crippen molar-refractivity contribution in [1.82, 2.24) is 9.88 Å². The fourth-order valence-corrected chi connectivity index (χ4v) is 3.18. The van der Waals surface area contributed by atoms with E-state index in [9.17, 15) is 4.79 Å². The molecule has 4 rings (SSSR count). The molecular formula is C18H21N3O3. The van der Waals surface area contributed by atoms with Crippen LogP contribution in [0, 0.1) is 0 Å². The number of aromatic nitrogens is 1. The van der Waals surface area contributed by atoms with Crippen molar-refractivity contribution in [3.63, 3.8) is 0 Å². The molecule has 6 heteroatoms. The third-order valence-corrected chi connectivity index (χ3v) is 4.73. The number of carbonyl (C=O) groups is 1. The highest BCUT2D eigenvalue weighted by atomic mass is 16.5. The number of rotatable bonds is 4. The van der Waals surface area contributed by atoms with Crippen LogP contribution < -0.4 is 9.64 Å². The standard InChI is InChI=1S/C18H21N3O3/c1-23-15-4-2-3-14(11-15)20-7-9-21(10-8-20)18(22)16-17(13-5-6-13)24-12-19-16/h2-4,11-13H,5-10H2,1H3. The Morgan fingerprint density at radius 3 is 2.75 bits per heavy atom. The van der Waals surface area contributed by atoms with Gasteiger partial charge in [-0.15, -0.1) is 0 Å². The van der Waals surface area contributed by atoms with Crippen LogP contribution in [0.4, 0.5) is 5.69 Å². The first-order valence-corrected chi connectivity index (χ1v) is 8.38. The number of oxazole rings is 1. The molecule has 1 aliphatic heterocycles. The maximum atomic E-state index is 12.7. The number of anilines is 1. The van der Waals surface area contributed by atoms with E-state index in [1.165, 1.54) is 6.39 Å². The minimum Gasteiger partial charge on any atom is -0.497 e. The van der Waals surface area contributed by atoms with Crippen LogP contribution in [-0.4, -0.2) is 49.1 Å². The fourth-order valence-electron chi connectivity index (χ4n) is 3.18. The van der Waals surface area contributed by atoms with Gasteiger partial charge in [-0.1, -0.05) is 6.07 Å². The molecule has 1 saturated heterocycles. The van der Waals surface area contributed by atoms with Crippen LogP contribution in [0.2, 0.25) is 0 Å². The lowest BCUT2D eigenvalue weighted by atomic mass is 10.2. The first-order valence-electron chi connectivity index (χ1n) is 8.38. The molecule has 0 spiro atoms. The maximum absolute atomic E-state index is 12.7. The molecule has 0 unspecified atom stereocenters. The highest BCUT2D eigenvalue weighted by Gasteiger charge is 2.34. The van der Waals surface area contributed by atoms with Crippen LogP contribution in [0.25, 0.3) is 0 Å². The first-order chi connectivity index (χ1) is 11.8. The normalized spacial score (nSPS) is 17.9. The summed E-state index contributed by atoms with van der Waals surface area (Å²) < 4.78 is 10.7. The summed E-state index contributed by atoms with van der Waals surface area (Å²) in [7, 11) is 1.67. The Labute approximate surface area is 141 Å². The van der Waals surface area contributed by atoms with E-state index < -0.39 is 0 Å². The average molecular weight is 327 g/mol. The molecule has 0 bridgehead atoms. The fraction of sp³-hybridized carbons (Fsp3) is 0.444. The van der Waals surface area contributed by atoms with Crippen LogP contribution in [-0.2, 0) is 0 Å². The lowest BCUT2D eigenvalue weighted by molar-refractivity contribution is 0.0739. The largest absolute Gasteiger partial charge is 0.497 e. The van der Waals surface area contributed by atoms with Crippen molar-refractivity contribution in [3.05, 3.63) is 42.1 Å². The predicted molar refractivity (Wildman–Crippen MR) is 89.6 cm³/mol. The number of nitrogens with zero attached hydrogens (tertiary/aromatic N) is 3. The molecule has 2 aromatic rings. The van der Waals surface area contributed by atoms with Gasteiger partial charge >= 0.3 is 0 Å². The summed E-state index contributed by atoms with van der Waals surface area (Å²) in [5, 5.41) is 0. The van der Waals surface area contributed by atoms with E-state index >= 15 is 0 Å². The number of piperazine rings is 1. The molecule has 1 amide bonds. The third-order valence-electron chi connectivity index (χ3n) is 4.73. The molecule has 2 heterocycles. The lowest BCUT2D eigenvalue weighted by Gasteiger charge is -2.36.